The van der Waals surface area contributed by atoms with E-state index in [1.54, 1.807) is 24.4 Å². The lowest BCUT2D eigenvalue weighted by molar-refractivity contribution is 0.0468. The molecule has 31 heavy (non-hydrogen) atoms. The van der Waals surface area contributed by atoms with E-state index in [1.807, 2.05) is 17.5 Å². The zero-order valence-corrected chi connectivity index (χ0v) is 17.9. The summed E-state index contributed by atoms with van der Waals surface area (Å²) in [6, 6.07) is 9.93. The molecule has 4 rings (SSSR count). The average molecular weight is 457 g/mol. The number of amides is 1. The second kappa shape index (κ2) is 9.11. The number of carbonyl (C=O) groups excluding carboxylic acids is 2. The van der Waals surface area contributed by atoms with Crippen molar-refractivity contribution in [3.8, 4) is 9.88 Å². The number of thiophene rings is 1. The Bertz CT molecular complexity index is 1290. The Labute approximate surface area is 184 Å². The van der Waals surface area contributed by atoms with E-state index in [0.717, 1.165) is 9.88 Å². The van der Waals surface area contributed by atoms with E-state index in [9.17, 15) is 14.4 Å². The van der Waals surface area contributed by atoms with Crippen LogP contribution in [0.3, 0.4) is 0 Å². The van der Waals surface area contributed by atoms with Crippen LogP contribution in [0.15, 0.2) is 56.4 Å². The van der Waals surface area contributed by atoms with Crippen molar-refractivity contribution in [2.75, 3.05) is 11.9 Å². The van der Waals surface area contributed by atoms with Crippen molar-refractivity contribution in [2.24, 2.45) is 0 Å². The zero-order chi connectivity index (χ0) is 21.8. The quantitative estimate of drug-likeness (QED) is 0.325. The Morgan fingerprint density at radius 3 is 2.81 bits per heavy atom. The summed E-state index contributed by atoms with van der Waals surface area (Å²) in [6.07, 6.45) is -0.612. The normalized spacial score (nSPS) is 10.7. The topological polar surface area (TPSA) is 108 Å². The number of benzene rings is 1. The lowest BCUT2D eigenvalue weighted by Crippen LogP contribution is -2.13. The van der Waals surface area contributed by atoms with Gasteiger partial charge in [0.15, 0.2) is 5.69 Å². The van der Waals surface area contributed by atoms with Gasteiger partial charge in [-0.05, 0) is 30.5 Å². The summed E-state index contributed by atoms with van der Waals surface area (Å²) in [5, 5.41) is 7.45. The van der Waals surface area contributed by atoms with Gasteiger partial charge in [-0.3, -0.25) is 5.32 Å². The smallest absolute Gasteiger partial charge is 0.411 e. The van der Waals surface area contributed by atoms with E-state index < -0.39 is 17.7 Å². The predicted octanol–water partition coefficient (Wildman–Crippen LogP) is 4.90. The van der Waals surface area contributed by atoms with Crippen LogP contribution in [0.2, 0.25) is 0 Å². The molecule has 1 amide bonds. The first-order chi connectivity index (χ1) is 15.0. The average Bonchev–Trinajstić information content (AvgIpc) is 3.43. The Kier molecular flexibility index (Phi) is 6.10. The number of ether oxygens (including phenoxy) is 2. The molecule has 0 saturated heterocycles. The molecule has 0 unspecified atom stereocenters. The first-order valence-corrected chi connectivity index (χ1v) is 11.0. The molecule has 0 radical (unpaired) electrons. The summed E-state index contributed by atoms with van der Waals surface area (Å²) >= 11 is 2.90. The van der Waals surface area contributed by atoms with Gasteiger partial charge in [-0.1, -0.05) is 6.07 Å². The van der Waals surface area contributed by atoms with Gasteiger partial charge in [0.2, 0.25) is 0 Å². The van der Waals surface area contributed by atoms with Gasteiger partial charge in [-0.2, -0.15) is 0 Å². The third-order valence-electron chi connectivity index (χ3n) is 4.16. The van der Waals surface area contributed by atoms with Crippen molar-refractivity contribution in [3.05, 3.63) is 68.8 Å². The fraction of sp³-hybridized carbons (Fsp3) is 0.143. The second-order valence-corrected chi connectivity index (χ2v) is 8.04. The van der Waals surface area contributed by atoms with Gasteiger partial charge in [-0.15, -0.1) is 22.7 Å². The standard InChI is InChI=1S/C21H16N2O6S2/c1-2-27-21(26)22-13-5-6-14-12(8-18(24)29-16(14)9-13)10-28-20(25)15-11-31-19(23-15)17-4-3-7-30-17/h3-9,11H,2,10H2,1H3,(H,22,26). The highest BCUT2D eigenvalue weighted by Crippen LogP contribution is 2.28. The fourth-order valence-electron chi connectivity index (χ4n) is 2.81. The maximum Gasteiger partial charge on any atom is 0.411 e. The molecule has 0 aliphatic heterocycles. The second-order valence-electron chi connectivity index (χ2n) is 6.24. The lowest BCUT2D eigenvalue weighted by Gasteiger charge is -2.09. The molecular weight excluding hydrogens is 440 g/mol. The summed E-state index contributed by atoms with van der Waals surface area (Å²) in [5.74, 6) is -0.582. The largest absolute Gasteiger partial charge is 0.456 e. The molecule has 0 spiro atoms. The minimum Gasteiger partial charge on any atom is -0.456 e. The Morgan fingerprint density at radius 1 is 1.16 bits per heavy atom. The molecule has 3 heterocycles. The molecule has 0 fully saturated rings. The van der Waals surface area contributed by atoms with Crippen LogP contribution in [-0.4, -0.2) is 23.7 Å². The third-order valence-corrected chi connectivity index (χ3v) is 6.04. The molecular formula is C21H16N2O6S2. The Balaban J connectivity index is 1.51. The molecule has 0 aliphatic carbocycles. The zero-order valence-electron chi connectivity index (χ0n) is 16.2. The summed E-state index contributed by atoms with van der Waals surface area (Å²) in [4.78, 5) is 41.3. The highest BCUT2D eigenvalue weighted by atomic mass is 32.1. The van der Waals surface area contributed by atoms with E-state index in [0.29, 0.717) is 16.6 Å². The minimum absolute atomic E-state index is 0.128. The predicted molar refractivity (Wildman–Crippen MR) is 118 cm³/mol. The number of esters is 1. The maximum absolute atomic E-state index is 12.4. The SMILES string of the molecule is CCOC(=O)Nc1ccc2c(COC(=O)c3csc(-c4cccs4)n3)cc(=O)oc2c1. The van der Waals surface area contributed by atoms with Crippen molar-refractivity contribution >= 4 is 51.4 Å². The van der Waals surface area contributed by atoms with Gasteiger partial charge >= 0.3 is 17.7 Å². The number of rotatable bonds is 6. The van der Waals surface area contributed by atoms with Gasteiger partial charge in [0.05, 0.1) is 11.5 Å². The third kappa shape index (κ3) is 4.81. The summed E-state index contributed by atoms with van der Waals surface area (Å²) < 4.78 is 15.4. The molecule has 0 atom stereocenters. The first-order valence-electron chi connectivity index (χ1n) is 9.20. The van der Waals surface area contributed by atoms with Gasteiger partial charge in [0.1, 0.15) is 17.2 Å². The highest BCUT2D eigenvalue weighted by Gasteiger charge is 2.16. The molecule has 4 aromatic rings. The molecule has 0 bridgehead atoms. The van der Waals surface area contributed by atoms with Crippen molar-refractivity contribution in [1.29, 1.82) is 0 Å². The number of thiazole rings is 1. The first kappa shape index (κ1) is 20.8. The van der Waals surface area contributed by atoms with Crippen molar-refractivity contribution in [2.45, 2.75) is 13.5 Å². The van der Waals surface area contributed by atoms with E-state index >= 15 is 0 Å². The fourth-order valence-corrected chi connectivity index (χ4v) is 4.41. The van der Waals surface area contributed by atoms with Crippen LogP contribution in [0.25, 0.3) is 20.9 Å². The molecule has 1 N–H and O–H groups in total. The minimum atomic E-state index is -0.612. The van der Waals surface area contributed by atoms with E-state index in [2.05, 4.69) is 10.3 Å². The van der Waals surface area contributed by atoms with Crippen LogP contribution in [0.5, 0.6) is 0 Å². The van der Waals surface area contributed by atoms with E-state index in [-0.39, 0.29) is 24.5 Å². The van der Waals surface area contributed by atoms with Crippen LogP contribution in [0.4, 0.5) is 10.5 Å². The number of fused-ring (bicyclic) bond motifs is 1. The monoisotopic (exact) mass is 456 g/mol. The molecule has 1 aromatic carbocycles. The van der Waals surface area contributed by atoms with Crippen molar-refractivity contribution in [1.82, 2.24) is 4.98 Å². The molecule has 158 valence electrons. The summed E-state index contributed by atoms with van der Waals surface area (Å²) in [7, 11) is 0. The lowest BCUT2D eigenvalue weighted by atomic mass is 10.1. The van der Waals surface area contributed by atoms with Gasteiger partial charge in [0, 0.05) is 34.1 Å². The number of nitrogens with one attached hydrogen (secondary N) is 1. The number of hydrogen-bond acceptors (Lipinski definition) is 9. The van der Waals surface area contributed by atoms with E-state index in [4.69, 9.17) is 13.9 Å². The summed E-state index contributed by atoms with van der Waals surface area (Å²) in [6.45, 7) is 1.80. The van der Waals surface area contributed by atoms with Gasteiger partial charge in [-0.25, -0.2) is 19.4 Å². The highest BCUT2D eigenvalue weighted by molar-refractivity contribution is 7.20. The van der Waals surface area contributed by atoms with Gasteiger partial charge in [0.25, 0.3) is 0 Å². The summed E-state index contributed by atoms with van der Waals surface area (Å²) in [5.41, 5.74) is 0.756. The number of hydrogen-bond donors (Lipinski definition) is 1. The van der Waals surface area contributed by atoms with Crippen LogP contribution < -0.4 is 10.9 Å². The van der Waals surface area contributed by atoms with Crippen LogP contribution in [0, 0.1) is 0 Å². The van der Waals surface area contributed by atoms with E-state index in [1.165, 1.54) is 34.8 Å². The Hall–Kier alpha value is -3.50. The molecule has 0 aliphatic rings. The maximum atomic E-state index is 12.4. The molecule has 10 heteroatoms. The van der Waals surface area contributed by atoms with Crippen LogP contribution in [0.1, 0.15) is 23.0 Å². The molecule has 0 saturated carbocycles. The number of carbonyl (C=O) groups is 2. The number of nitrogens with zero attached hydrogens (tertiary/aromatic N) is 1. The molecule has 8 nitrogen and oxygen atoms in total. The van der Waals surface area contributed by atoms with Crippen LogP contribution in [-0.2, 0) is 16.1 Å². The number of anilines is 1. The van der Waals surface area contributed by atoms with Crippen LogP contribution >= 0.6 is 22.7 Å². The number of aromatic nitrogens is 1. The molecule has 3 aromatic heterocycles. The van der Waals surface area contributed by atoms with Crippen molar-refractivity contribution in [3.63, 3.8) is 0 Å². The van der Waals surface area contributed by atoms with Gasteiger partial charge < -0.3 is 13.9 Å². The van der Waals surface area contributed by atoms with Crippen molar-refractivity contribution < 1.29 is 23.5 Å². The Morgan fingerprint density at radius 2 is 2.03 bits per heavy atom.